The van der Waals surface area contributed by atoms with Gasteiger partial charge in [-0.3, -0.25) is 9.69 Å². The van der Waals surface area contributed by atoms with Crippen molar-refractivity contribution in [3.8, 4) is 0 Å². The number of hydrogen-bond donors (Lipinski definition) is 1. The molecule has 190 valence electrons. The summed E-state index contributed by atoms with van der Waals surface area (Å²) in [6.45, 7) is 9.72. The average molecular weight is 513 g/mol. The highest BCUT2D eigenvalue weighted by atomic mass is 32.1. The number of aromatic amines is 1. The molecule has 0 saturated carbocycles. The molecule has 3 heterocycles. The van der Waals surface area contributed by atoms with Gasteiger partial charge in [-0.1, -0.05) is 55.0 Å². The lowest BCUT2D eigenvalue weighted by Crippen LogP contribution is -2.37. The van der Waals surface area contributed by atoms with E-state index in [0.29, 0.717) is 24.5 Å². The number of pyridine rings is 1. The Balaban J connectivity index is 1.73. The maximum absolute atomic E-state index is 13.7. The quantitative estimate of drug-likeness (QED) is 0.269. The number of benzene rings is 2. The molecule has 0 fully saturated rings. The third-order valence-electron chi connectivity index (χ3n) is 7.03. The zero-order valence-electron chi connectivity index (χ0n) is 21.7. The van der Waals surface area contributed by atoms with Gasteiger partial charge in [-0.05, 0) is 78.2 Å². The molecule has 0 spiro atoms. The molecular weight excluding hydrogens is 480 g/mol. The molecule has 0 amide bonds. The number of nitrogens with one attached hydrogen (secondary N) is 1. The van der Waals surface area contributed by atoms with Crippen LogP contribution in [0.4, 0.5) is 0 Å². The van der Waals surface area contributed by atoms with E-state index in [2.05, 4.69) is 88.8 Å². The fraction of sp³-hybridized carbons (Fsp3) is 0.310. The first-order chi connectivity index (χ1) is 17.9. The zero-order valence-corrected chi connectivity index (χ0v) is 22.5. The number of aryl methyl sites for hydroxylation is 1. The van der Waals surface area contributed by atoms with Crippen molar-refractivity contribution >= 4 is 22.2 Å². The third-order valence-corrected chi connectivity index (χ3v) is 7.89. The van der Waals surface area contributed by atoms with Crippen molar-refractivity contribution in [2.45, 2.75) is 58.8 Å². The minimum atomic E-state index is -0.461. The molecule has 2 aromatic carbocycles. The first kappa shape index (κ1) is 25.0. The first-order valence-corrected chi connectivity index (χ1v) is 13.5. The summed E-state index contributed by atoms with van der Waals surface area (Å²) in [5.41, 5.74) is 3.30. The first-order valence-electron chi connectivity index (χ1n) is 12.6. The Morgan fingerprint density at radius 2 is 1.86 bits per heavy atom. The number of fused-ring (bicyclic) bond motifs is 1. The van der Waals surface area contributed by atoms with Gasteiger partial charge >= 0.3 is 0 Å². The van der Waals surface area contributed by atoms with E-state index in [9.17, 15) is 4.79 Å². The van der Waals surface area contributed by atoms with E-state index in [-0.39, 0.29) is 11.1 Å². The lowest BCUT2D eigenvalue weighted by Gasteiger charge is -2.33. The molecule has 5 rings (SSSR count). The van der Waals surface area contributed by atoms with E-state index in [4.69, 9.17) is 0 Å². The number of H-pyrrole nitrogens is 1. The Morgan fingerprint density at radius 1 is 1.05 bits per heavy atom. The van der Waals surface area contributed by atoms with Crippen LogP contribution in [-0.4, -0.2) is 30.1 Å². The summed E-state index contributed by atoms with van der Waals surface area (Å²) in [7, 11) is 0. The molecule has 3 aromatic heterocycles. The lowest BCUT2D eigenvalue weighted by atomic mass is 9.98. The molecule has 1 N–H and O–H groups in total. The second-order valence-electron chi connectivity index (χ2n) is 10.1. The van der Waals surface area contributed by atoms with Crippen LogP contribution in [0.2, 0.25) is 0 Å². The van der Waals surface area contributed by atoms with Crippen LogP contribution in [0.25, 0.3) is 10.9 Å². The molecule has 1 atom stereocenters. The minimum absolute atomic E-state index is 0.130. The molecule has 37 heavy (non-hydrogen) atoms. The smallest absolute Gasteiger partial charge is 0.253 e. The number of hydrogen-bond acceptors (Lipinski definition) is 6. The van der Waals surface area contributed by atoms with Crippen molar-refractivity contribution in [1.82, 2.24) is 30.1 Å². The van der Waals surface area contributed by atoms with Crippen molar-refractivity contribution in [3.05, 3.63) is 110 Å². The average Bonchev–Trinajstić information content (AvgIpc) is 3.58. The van der Waals surface area contributed by atoms with Gasteiger partial charge < -0.3 is 4.98 Å². The number of aromatic nitrogens is 5. The molecule has 0 radical (unpaired) electrons. The molecule has 8 heteroatoms. The van der Waals surface area contributed by atoms with Gasteiger partial charge in [-0.15, -0.1) is 16.4 Å². The zero-order chi connectivity index (χ0) is 26.0. The summed E-state index contributed by atoms with van der Waals surface area (Å²) in [6.07, 6.45) is 0.842. The van der Waals surface area contributed by atoms with Gasteiger partial charge in [0.25, 0.3) is 5.56 Å². The molecule has 0 saturated heterocycles. The van der Waals surface area contributed by atoms with Gasteiger partial charge in [0, 0.05) is 29.0 Å². The van der Waals surface area contributed by atoms with Crippen LogP contribution in [0.1, 0.15) is 60.6 Å². The highest BCUT2D eigenvalue weighted by Crippen LogP contribution is 2.33. The normalized spacial score (nSPS) is 12.9. The lowest BCUT2D eigenvalue weighted by molar-refractivity contribution is 0.182. The van der Waals surface area contributed by atoms with E-state index in [1.807, 2.05) is 41.1 Å². The summed E-state index contributed by atoms with van der Waals surface area (Å²) in [5.74, 6) is 0.664. The van der Waals surface area contributed by atoms with E-state index in [0.717, 1.165) is 28.5 Å². The van der Waals surface area contributed by atoms with Gasteiger partial charge in [0.05, 0.1) is 5.54 Å². The summed E-state index contributed by atoms with van der Waals surface area (Å²) in [4.78, 5) is 20.3. The fourth-order valence-corrected chi connectivity index (χ4v) is 5.38. The van der Waals surface area contributed by atoms with Crippen LogP contribution in [0.3, 0.4) is 0 Å². The predicted octanol–water partition coefficient (Wildman–Crippen LogP) is 5.82. The molecule has 0 aliphatic rings. The minimum Gasteiger partial charge on any atom is -0.322 e. The molecule has 0 aliphatic carbocycles. The van der Waals surface area contributed by atoms with Gasteiger partial charge in [0.2, 0.25) is 0 Å². The van der Waals surface area contributed by atoms with Crippen LogP contribution in [0.15, 0.2) is 76.9 Å². The second-order valence-corrected chi connectivity index (χ2v) is 11.2. The number of thiophene rings is 1. The number of rotatable bonds is 9. The molecular formula is C29H32N6OS. The van der Waals surface area contributed by atoms with E-state index >= 15 is 0 Å². The van der Waals surface area contributed by atoms with Crippen LogP contribution in [0, 0.1) is 6.92 Å². The predicted molar refractivity (Wildman–Crippen MR) is 149 cm³/mol. The fourth-order valence-electron chi connectivity index (χ4n) is 4.65. The van der Waals surface area contributed by atoms with Crippen molar-refractivity contribution in [1.29, 1.82) is 0 Å². The standard InChI is InChI=1S/C29H32N6OS/c1-5-29(3,4)35-27(31-32-33-35)26(24-17-22-16-20(2)13-14-25(22)30-28(24)36)34(19-23-12-9-15-37-23)18-21-10-7-6-8-11-21/h6-17,26H,5,18-19H2,1-4H3,(H,30,36)/t26-/m0/s1. The molecule has 7 nitrogen and oxygen atoms in total. The SMILES string of the molecule is CCC(C)(C)n1nnnc1[C@H](c1cc2cc(C)ccc2[nH]c1=O)N(Cc1ccccc1)Cc1cccs1. The van der Waals surface area contributed by atoms with Gasteiger partial charge in [-0.25, -0.2) is 4.68 Å². The van der Waals surface area contributed by atoms with Crippen LogP contribution < -0.4 is 5.56 Å². The van der Waals surface area contributed by atoms with Crippen molar-refractivity contribution < 1.29 is 0 Å². The molecule has 5 aromatic rings. The van der Waals surface area contributed by atoms with E-state index < -0.39 is 6.04 Å². The molecule has 0 bridgehead atoms. The Hall–Kier alpha value is -3.62. The summed E-state index contributed by atoms with van der Waals surface area (Å²) in [5, 5.41) is 16.1. The summed E-state index contributed by atoms with van der Waals surface area (Å²) in [6, 6.07) is 22.2. The topological polar surface area (TPSA) is 79.7 Å². The largest absolute Gasteiger partial charge is 0.322 e. The highest BCUT2D eigenvalue weighted by molar-refractivity contribution is 7.09. The van der Waals surface area contributed by atoms with Crippen LogP contribution in [0.5, 0.6) is 0 Å². The highest BCUT2D eigenvalue weighted by Gasteiger charge is 2.34. The van der Waals surface area contributed by atoms with Gasteiger partial charge in [0.1, 0.15) is 6.04 Å². The molecule has 0 aliphatic heterocycles. The van der Waals surface area contributed by atoms with E-state index in [1.54, 1.807) is 11.3 Å². The Kier molecular flexibility index (Phi) is 7.04. The van der Waals surface area contributed by atoms with Crippen molar-refractivity contribution in [2.24, 2.45) is 0 Å². The summed E-state index contributed by atoms with van der Waals surface area (Å²) < 4.78 is 1.89. The van der Waals surface area contributed by atoms with Crippen molar-refractivity contribution in [2.75, 3.05) is 0 Å². The Bertz CT molecular complexity index is 1540. The summed E-state index contributed by atoms with van der Waals surface area (Å²) >= 11 is 1.71. The van der Waals surface area contributed by atoms with E-state index in [1.165, 1.54) is 4.88 Å². The van der Waals surface area contributed by atoms with Gasteiger partial charge in [0.15, 0.2) is 5.82 Å². The second kappa shape index (κ2) is 10.4. The number of nitrogens with zero attached hydrogens (tertiary/aromatic N) is 5. The molecule has 0 unspecified atom stereocenters. The van der Waals surface area contributed by atoms with Crippen molar-refractivity contribution in [3.63, 3.8) is 0 Å². The maximum atomic E-state index is 13.7. The number of tetrazole rings is 1. The maximum Gasteiger partial charge on any atom is 0.253 e. The van der Waals surface area contributed by atoms with Crippen LogP contribution in [-0.2, 0) is 18.6 Å². The van der Waals surface area contributed by atoms with Gasteiger partial charge in [-0.2, -0.15) is 0 Å². The monoisotopic (exact) mass is 512 g/mol. The Labute approximate surface area is 220 Å². The van der Waals surface area contributed by atoms with Crippen LogP contribution >= 0.6 is 11.3 Å². The Morgan fingerprint density at radius 3 is 2.59 bits per heavy atom. The third kappa shape index (κ3) is 5.26.